The highest BCUT2D eigenvalue weighted by Crippen LogP contribution is 2.38. The predicted molar refractivity (Wildman–Crippen MR) is 76.4 cm³/mol. The molecule has 1 aromatic heterocycles. The molecule has 0 aliphatic rings. The quantitative estimate of drug-likeness (QED) is 0.886. The summed E-state index contributed by atoms with van der Waals surface area (Å²) in [5.74, 6) is 1.22. The Bertz CT molecular complexity index is 724. The van der Waals surface area contributed by atoms with Crippen molar-refractivity contribution in [1.29, 1.82) is 0 Å². The Morgan fingerprint density at radius 2 is 1.62 bits per heavy atom. The van der Waals surface area contributed by atoms with E-state index < -0.39 is 5.56 Å². The van der Waals surface area contributed by atoms with Gasteiger partial charge >= 0.3 is 0 Å². The van der Waals surface area contributed by atoms with Gasteiger partial charge in [0.2, 0.25) is 5.88 Å². The zero-order valence-corrected chi connectivity index (χ0v) is 12.2. The SMILES string of the molecule is COc1cc(OC)c(-c2nc(O)c(C)c(=O)[nH]2)cc1OC. The molecular formula is C14H16N2O5. The van der Waals surface area contributed by atoms with Gasteiger partial charge in [0.25, 0.3) is 5.56 Å². The number of H-pyrrole nitrogens is 1. The molecule has 112 valence electrons. The fourth-order valence-electron chi connectivity index (χ4n) is 1.86. The van der Waals surface area contributed by atoms with Crippen LogP contribution in [0.25, 0.3) is 11.4 Å². The van der Waals surface area contributed by atoms with Gasteiger partial charge in [0.05, 0.1) is 32.5 Å². The molecule has 0 spiro atoms. The molecule has 0 fully saturated rings. The third kappa shape index (κ3) is 2.62. The Morgan fingerprint density at radius 3 is 2.14 bits per heavy atom. The van der Waals surface area contributed by atoms with Gasteiger partial charge in [-0.1, -0.05) is 0 Å². The van der Waals surface area contributed by atoms with Crippen molar-refractivity contribution >= 4 is 0 Å². The molecule has 7 nitrogen and oxygen atoms in total. The zero-order chi connectivity index (χ0) is 15.6. The predicted octanol–water partition coefficient (Wildman–Crippen LogP) is 1.48. The van der Waals surface area contributed by atoms with Crippen LogP contribution in [-0.2, 0) is 0 Å². The maximum absolute atomic E-state index is 11.8. The molecule has 7 heteroatoms. The van der Waals surface area contributed by atoms with E-state index in [-0.39, 0.29) is 17.3 Å². The molecule has 0 aliphatic carbocycles. The lowest BCUT2D eigenvalue weighted by Crippen LogP contribution is -2.12. The molecule has 0 amide bonds. The second-order valence-electron chi connectivity index (χ2n) is 4.27. The van der Waals surface area contributed by atoms with Crippen LogP contribution in [0.3, 0.4) is 0 Å². The number of ether oxygens (including phenoxy) is 3. The number of aromatic nitrogens is 2. The number of aromatic amines is 1. The lowest BCUT2D eigenvalue weighted by molar-refractivity contribution is 0.349. The average Bonchev–Trinajstić information content (AvgIpc) is 2.50. The smallest absolute Gasteiger partial charge is 0.257 e. The van der Waals surface area contributed by atoms with Crippen molar-refractivity contribution in [1.82, 2.24) is 9.97 Å². The second-order valence-corrected chi connectivity index (χ2v) is 4.27. The lowest BCUT2D eigenvalue weighted by Gasteiger charge is -2.13. The van der Waals surface area contributed by atoms with Gasteiger partial charge in [-0.3, -0.25) is 4.79 Å². The number of benzene rings is 1. The van der Waals surface area contributed by atoms with E-state index >= 15 is 0 Å². The summed E-state index contributed by atoms with van der Waals surface area (Å²) in [5, 5.41) is 9.71. The largest absolute Gasteiger partial charge is 0.496 e. The molecule has 0 radical (unpaired) electrons. The van der Waals surface area contributed by atoms with Crippen LogP contribution >= 0.6 is 0 Å². The number of rotatable bonds is 4. The minimum absolute atomic E-state index is 0.151. The molecule has 1 aromatic carbocycles. The maximum atomic E-state index is 11.8. The van der Waals surface area contributed by atoms with E-state index in [2.05, 4.69) is 9.97 Å². The van der Waals surface area contributed by atoms with E-state index in [1.165, 1.54) is 28.3 Å². The van der Waals surface area contributed by atoms with Gasteiger partial charge < -0.3 is 24.3 Å². The molecule has 0 unspecified atom stereocenters. The van der Waals surface area contributed by atoms with Crippen molar-refractivity contribution in [3.8, 4) is 34.5 Å². The topological polar surface area (TPSA) is 93.7 Å². The van der Waals surface area contributed by atoms with Crippen LogP contribution in [0.1, 0.15) is 5.56 Å². The van der Waals surface area contributed by atoms with Crippen LogP contribution in [0.15, 0.2) is 16.9 Å². The number of hydrogen-bond donors (Lipinski definition) is 2. The molecule has 0 saturated heterocycles. The Hall–Kier alpha value is -2.70. The summed E-state index contributed by atoms with van der Waals surface area (Å²) in [6.07, 6.45) is 0. The minimum Gasteiger partial charge on any atom is -0.496 e. The highest BCUT2D eigenvalue weighted by molar-refractivity contribution is 5.69. The standard InChI is InChI=1S/C14H16N2O5/c1-7-13(17)15-12(16-14(7)18)8-5-10(20-3)11(21-4)6-9(8)19-2/h5-6H,1-4H3,(H2,15,16,17,18). The van der Waals surface area contributed by atoms with Crippen molar-refractivity contribution in [2.75, 3.05) is 21.3 Å². The molecule has 0 atom stereocenters. The third-order valence-corrected chi connectivity index (χ3v) is 3.09. The van der Waals surface area contributed by atoms with Gasteiger partial charge in [0.15, 0.2) is 11.5 Å². The van der Waals surface area contributed by atoms with E-state index in [1.807, 2.05) is 0 Å². The van der Waals surface area contributed by atoms with Gasteiger partial charge in [-0.05, 0) is 13.0 Å². The molecule has 21 heavy (non-hydrogen) atoms. The number of hydrogen-bond acceptors (Lipinski definition) is 6. The number of nitrogens with one attached hydrogen (secondary N) is 1. The summed E-state index contributed by atoms with van der Waals surface area (Å²) < 4.78 is 15.7. The van der Waals surface area contributed by atoms with Crippen molar-refractivity contribution < 1.29 is 19.3 Å². The van der Waals surface area contributed by atoms with Crippen LogP contribution in [0.4, 0.5) is 0 Å². The fraction of sp³-hybridized carbons (Fsp3) is 0.286. The number of methoxy groups -OCH3 is 3. The first-order valence-electron chi connectivity index (χ1n) is 6.12. The Morgan fingerprint density at radius 1 is 1.05 bits per heavy atom. The number of nitrogens with zero attached hydrogens (tertiary/aromatic N) is 1. The first kappa shape index (κ1) is 14.7. The molecule has 2 aromatic rings. The first-order chi connectivity index (χ1) is 10.0. The molecular weight excluding hydrogens is 276 g/mol. The summed E-state index contributed by atoms with van der Waals surface area (Å²) in [6, 6.07) is 3.23. The van der Waals surface area contributed by atoms with Crippen molar-refractivity contribution in [3.63, 3.8) is 0 Å². The highest BCUT2D eigenvalue weighted by Gasteiger charge is 2.16. The molecule has 0 aliphatic heterocycles. The Balaban J connectivity index is 2.70. The summed E-state index contributed by atoms with van der Waals surface area (Å²) in [6.45, 7) is 1.48. The maximum Gasteiger partial charge on any atom is 0.257 e. The lowest BCUT2D eigenvalue weighted by atomic mass is 10.1. The van der Waals surface area contributed by atoms with Gasteiger partial charge in [0, 0.05) is 6.07 Å². The Kier molecular flexibility index (Phi) is 4.02. The molecule has 0 bridgehead atoms. The van der Waals surface area contributed by atoms with E-state index in [0.717, 1.165) is 0 Å². The van der Waals surface area contributed by atoms with Crippen LogP contribution in [0, 0.1) is 6.92 Å². The van der Waals surface area contributed by atoms with Gasteiger partial charge in [-0.15, -0.1) is 0 Å². The van der Waals surface area contributed by atoms with E-state index in [9.17, 15) is 9.90 Å². The minimum atomic E-state index is -0.422. The summed E-state index contributed by atoms with van der Waals surface area (Å²) in [5.41, 5.74) is 0.204. The van der Waals surface area contributed by atoms with Gasteiger partial charge in [-0.2, -0.15) is 4.98 Å². The van der Waals surface area contributed by atoms with Crippen LogP contribution in [0.5, 0.6) is 23.1 Å². The van der Waals surface area contributed by atoms with Crippen molar-refractivity contribution in [3.05, 3.63) is 28.0 Å². The summed E-state index contributed by atoms with van der Waals surface area (Å²) >= 11 is 0. The zero-order valence-electron chi connectivity index (χ0n) is 12.2. The molecule has 0 saturated carbocycles. The van der Waals surface area contributed by atoms with E-state index in [0.29, 0.717) is 22.8 Å². The molecule has 2 N–H and O–H groups in total. The van der Waals surface area contributed by atoms with Crippen molar-refractivity contribution in [2.45, 2.75) is 6.92 Å². The monoisotopic (exact) mass is 292 g/mol. The molecule has 2 rings (SSSR count). The normalized spacial score (nSPS) is 10.3. The highest BCUT2D eigenvalue weighted by atomic mass is 16.5. The summed E-state index contributed by atoms with van der Waals surface area (Å²) in [7, 11) is 4.49. The van der Waals surface area contributed by atoms with E-state index in [1.54, 1.807) is 12.1 Å². The van der Waals surface area contributed by atoms with Crippen LogP contribution < -0.4 is 19.8 Å². The molecule has 1 heterocycles. The van der Waals surface area contributed by atoms with Crippen molar-refractivity contribution in [2.24, 2.45) is 0 Å². The van der Waals surface area contributed by atoms with Crippen LogP contribution in [-0.4, -0.2) is 36.4 Å². The first-order valence-corrected chi connectivity index (χ1v) is 6.12. The van der Waals surface area contributed by atoms with Gasteiger partial charge in [-0.25, -0.2) is 0 Å². The fourth-order valence-corrected chi connectivity index (χ4v) is 1.86. The average molecular weight is 292 g/mol. The third-order valence-electron chi connectivity index (χ3n) is 3.09. The Labute approximate surface area is 121 Å². The second kappa shape index (κ2) is 5.74. The van der Waals surface area contributed by atoms with E-state index in [4.69, 9.17) is 14.2 Å². The number of aromatic hydroxyl groups is 1. The van der Waals surface area contributed by atoms with Gasteiger partial charge in [0.1, 0.15) is 11.6 Å². The summed E-state index contributed by atoms with van der Waals surface area (Å²) in [4.78, 5) is 18.3. The van der Waals surface area contributed by atoms with Crippen LogP contribution in [0.2, 0.25) is 0 Å².